The molecule has 22 heavy (non-hydrogen) atoms. The van der Waals surface area contributed by atoms with Crippen LogP contribution in [-0.4, -0.2) is 30.7 Å². The molecule has 1 aliphatic rings. The molecule has 0 amide bonds. The molecule has 3 heteroatoms. The van der Waals surface area contributed by atoms with Gasteiger partial charge in [-0.25, -0.2) is 0 Å². The highest BCUT2D eigenvalue weighted by Crippen LogP contribution is 2.31. The summed E-state index contributed by atoms with van der Waals surface area (Å²) in [4.78, 5) is 2.72. The lowest BCUT2D eigenvalue weighted by Crippen LogP contribution is -2.43. The highest BCUT2D eigenvalue weighted by Gasteiger charge is 2.27. The molecule has 2 atom stereocenters. The average Bonchev–Trinajstić information content (AvgIpc) is 2.56. The number of morpholine rings is 1. The lowest BCUT2D eigenvalue weighted by molar-refractivity contribution is -0.0310. The van der Waals surface area contributed by atoms with Crippen molar-refractivity contribution in [1.29, 1.82) is 0 Å². The van der Waals surface area contributed by atoms with Crippen molar-refractivity contribution in [2.75, 3.05) is 19.7 Å². The molecule has 3 rings (SSSR count). The summed E-state index contributed by atoms with van der Waals surface area (Å²) in [6.07, 6.45) is 0.195. The number of alkyl halides is 1. The van der Waals surface area contributed by atoms with E-state index in [2.05, 4.69) is 82.4 Å². The highest BCUT2D eigenvalue weighted by atomic mass is 79.9. The number of benzene rings is 2. The first-order valence-electron chi connectivity index (χ1n) is 7.81. The molecule has 116 valence electrons. The van der Waals surface area contributed by atoms with Crippen LogP contribution in [0.15, 0.2) is 54.6 Å². The Balaban J connectivity index is 1.63. The molecular formula is C19H22BrNO. The molecule has 1 saturated heterocycles. The molecule has 2 nitrogen and oxygen atoms in total. The van der Waals surface area contributed by atoms with E-state index in [0.717, 1.165) is 26.2 Å². The van der Waals surface area contributed by atoms with Gasteiger partial charge < -0.3 is 4.74 Å². The van der Waals surface area contributed by atoms with E-state index in [0.29, 0.717) is 0 Å². The van der Waals surface area contributed by atoms with Crippen LogP contribution in [0.3, 0.4) is 0 Å². The Bertz CT molecular complexity index is 584. The van der Waals surface area contributed by atoms with Gasteiger partial charge in [-0.3, -0.25) is 4.90 Å². The molecule has 0 bridgehead atoms. The zero-order chi connectivity index (χ0) is 15.4. The summed E-state index contributed by atoms with van der Waals surface area (Å²) in [6, 6.07) is 19.4. The van der Waals surface area contributed by atoms with Crippen LogP contribution in [0.1, 0.15) is 21.5 Å². The Hall–Kier alpha value is -1.16. The second-order valence-electron chi connectivity index (χ2n) is 5.94. The molecule has 2 aromatic carbocycles. The Morgan fingerprint density at radius 1 is 1.14 bits per heavy atom. The van der Waals surface area contributed by atoms with Crippen LogP contribution in [0.5, 0.6) is 0 Å². The van der Waals surface area contributed by atoms with Gasteiger partial charge in [0.1, 0.15) is 0 Å². The Morgan fingerprint density at radius 3 is 2.59 bits per heavy atom. The minimum absolute atomic E-state index is 0.195. The normalized spacial score (nSPS) is 20.7. The Kier molecular flexibility index (Phi) is 5.29. The first-order valence-corrected chi connectivity index (χ1v) is 8.72. The Labute approximate surface area is 141 Å². The molecule has 0 radical (unpaired) electrons. The van der Waals surface area contributed by atoms with Gasteiger partial charge in [0.15, 0.2) is 0 Å². The quantitative estimate of drug-likeness (QED) is 0.753. The molecular weight excluding hydrogens is 338 g/mol. The minimum atomic E-state index is 0.195. The van der Waals surface area contributed by atoms with Gasteiger partial charge in [-0.1, -0.05) is 76.1 Å². The van der Waals surface area contributed by atoms with Gasteiger partial charge in [-0.15, -0.1) is 0 Å². The number of rotatable bonds is 4. The van der Waals surface area contributed by atoms with Crippen molar-refractivity contribution in [1.82, 2.24) is 4.90 Å². The number of hydrogen-bond acceptors (Lipinski definition) is 2. The lowest BCUT2D eigenvalue weighted by Gasteiger charge is -2.35. The standard InChI is InChI=1S/C19H22BrNO/c1-15-7-9-17(10-8-15)19(20)18-14-21(11-12-22-18)13-16-5-3-2-4-6-16/h2-10,18-19H,11-14H2,1H3/t18-,19?/m1/s1. The Morgan fingerprint density at radius 2 is 1.86 bits per heavy atom. The van der Waals surface area contributed by atoms with Crippen LogP contribution in [0.4, 0.5) is 0 Å². The molecule has 1 aliphatic heterocycles. The van der Waals surface area contributed by atoms with Crippen molar-refractivity contribution in [2.24, 2.45) is 0 Å². The number of aryl methyl sites for hydroxylation is 1. The van der Waals surface area contributed by atoms with Crippen LogP contribution in [0.2, 0.25) is 0 Å². The zero-order valence-corrected chi connectivity index (χ0v) is 14.5. The number of halogens is 1. The predicted molar refractivity (Wildman–Crippen MR) is 94.3 cm³/mol. The van der Waals surface area contributed by atoms with E-state index in [1.807, 2.05) is 0 Å². The van der Waals surface area contributed by atoms with E-state index in [4.69, 9.17) is 4.74 Å². The summed E-state index contributed by atoms with van der Waals surface area (Å²) in [5.74, 6) is 0. The van der Waals surface area contributed by atoms with E-state index in [9.17, 15) is 0 Å². The maximum absolute atomic E-state index is 6.00. The van der Waals surface area contributed by atoms with Crippen LogP contribution >= 0.6 is 15.9 Å². The molecule has 2 aromatic rings. The van der Waals surface area contributed by atoms with Gasteiger partial charge in [0.2, 0.25) is 0 Å². The molecule has 0 spiro atoms. The monoisotopic (exact) mass is 359 g/mol. The predicted octanol–water partition coefficient (Wildman–Crippen LogP) is 4.33. The minimum Gasteiger partial charge on any atom is -0.374 e. The topological polar surface area (TPSA) is 12.5 Å². The van der Waals surface area contributed by atoms with Crippen molar-refractivity contribution in [3.05, 3.63) is 71.3 Å². The molecule has 1 fully saturated rings. The van der Waals surface area contributed by atoms with Gasteiger partial charge in [0.25, 0.3) is 0 Å². The lowest BCUT2D eigenvalue weighted by atomic mass is 10.0. The largest absolute Gasteiger partial charge is 0.374 e. The molecule has 0 saturated carbocycles. The summed E-state index contributed by atoms with van der Waals surface area (Å²) in [6.45, 7) is 5.86. The third kappa shape index (κ3) is 3.97. The van der Waals surface area contributed by atoms with Gasteiger partial charge in [0.05, 0.1) is 17.5 Å². The summed E-state index contributed by atoms with van der Waals surface area (Å²) >= 11 is 3.83. The fraction of sp³-hybridized carbons (Fsp3) is 0.368. The summed E-state index contributed by atoms with van der Waals surface area (Å²) in [7, 11) is 0. The zero-order valence-electron chi connectivity index (χ0n) is 12.9. The molecule has 0 aromatic heterocycles. The van der Waals surface area contributed by atoms with Crippen molar-refractivity contribution in [3.8, 4) is 0 Å². The first kappa shape index (κ1) is 15.7. The number of nitrogens with zero attached hydrogens (tertiary/aromatic N) is 1. The summed E-state index contributed by atoms with van der Waals surface area (Å²) < 4.78 is 6.00. The van der Waals surface area contributed by atoms with Crippen molar-refractivity contribution in [2.45, 2.75) is 24.4 Å². The maximum atomic E-state index is 6.00. The van der Waals surface area contributed by atoms with Crippen LogP contribution in [-0.2, 0) is 11.3 Å². The second kappa shape index (κ2) is 7.40. The van der Waals surface area contributed by atoms with Gasteiger partial charge in [-0.05, 0) is 18.1 Å². The van der Waals surface area contributed by atoms with E-state index in [-0.39, 0.29) is 10.9 Å². The molecule has 0 aliphatic carbocycles. The number of hydrogen-bond donors (Lipinski definition) is 0. The summed E-state index contributed by atoms with van der Waals surface area (Å²) in [5.41, 5.74) is 3.94. The number of ether oxygens (including phenoxy) is 1. The van der Waals surface area contributed by atoms with Gasteiger partial charge in [-0.2, -0.15) is 0 Å². The average molecular weight is 360 g/mol. The van der Waals surface area contributed by atoms with Crippen molar-refractivity contribution >= 4 is 15.9 Å². The highest BCUT2D eigenvalue weighted by molar-refractivity contribution is 9.09. The van der Waals surface area contributed by atoms with E-state index in [1.165, 1.54) is 16.7 Å². The SMILES string of the molecule is Cc1ccc(C(Br)[C@H]2CN(Cc3ccccc3)CCO2)cc1. The van der Waals surface area contributed by atoms with Gasteiger partial charge >= 0.3 is 0 Å². The maximum Gasteiger partial charge on any atom is 0.0868 e. The molecule has 1 unspecified atom stereocenters. The van der Waals surface area contributed by atoms with Gasteiger partial charge in [0, 0.05) is 19.6 Å². The van der Waals surface area contributed by atoms with Crippen molar-refractivity contribution < 1.29 is 4.74 Å². The first-order chi connectivity index (χ1) is 10.7. The van der Waals surface area contributed by atoms with E-state index in [1.54, 1.807) is 0 Å². The van der Waals surface area contributed by atoms with Crippen molar-refractivity contribution in [3.63, 3.8) is 0 Å². The van der Waals surface area contributed by atoms with E-state index < -0.39 is 0 Å². The fourth-order valence-electron chi connectivity index (χ4n) is 2.86. The fourth-order valence-corrected chi connectivity index (χ4v) is 3.48. The molecule has 0 N–H and O–H groups in total. The third-order valence-corrected chi connectivity index (χ3v) is 5.27. The molecule has 1 heterocycles. The van der Waals surface area contributed by atoms with Crippen LogP contribution in [0, 0.1) is 6.92 Å². The van der Waals surface area contributed by atoms with Crippen LogP contribution < -0.4 is 0 Å². The third-order valence-electron chi connectivity index (χ3n) is 4.15. The van der Waals surface area contributed by atoms with Crippen LogP contribution in [0.25, 0.3) is 0 Å². The smallest absolute Gasteiger partial charge is 0.0868 e. The summed E-state index contributed by atoms with van der Waals surface area (Å²) in [5, 5.41) is 0. The second-order valence-corrected chi connectivity index (χ2v) is 6.93. The van der Waals surface area contributed by atoms with E-state index >= 15 is 0 Å².